The van der Waals surface area contributed by atoms with E-state index >= 15 is 0 Å². The van der Waals surface area contributed by atoms with E-state index in [-0.39, 0.29) is 5.69 Å². The quantitative estimate of drug-likeness (QED) is 0.348. The number of anilines is 1. The van der Waals surface area contributed by atoms with Crippen LogP contribution in [0.5, 0.6) is 5.75 Å². The van der Waals surface area contributed by atoms with Crippen LogP contribution in [0.3, 0.4) is 0 Å². The van der Waals surface area contributed by atoms with Gasteiger partial charge in [-0.05, 0) is 6.42 Å². The topological polar surface area (TPSA) is 64.4 Å². The maximum absolute atomic E-state index is 10.7. The smallest absolute Gasteiger partial charge is 0.275 e. The van der Waals surface area contributed by atoms with Crippen LogP contribution in [0.1, 0.15) is 6.42 Å². The summed E-state index contributed by atoms with van der Waals surface area (Å²) in [7, 11) is 1.70. The monoisotopic (exact) mass is 222 g/mol. The van der Waals surface area contributed by atoms with Gasteiger partial charge in [-0.15, -0.1) is 6.58 Å². The SMILES string of the molecule is C=CCCOc1cc(NC)cc([N+](=O)[O-])c1. The summed E-state index contributed by atoms with van der Waals surface area (Å²) in [6.07, 6.45) is 2.44. The Balaban J connectivity index is 2.86. The zero-order valence-corrected chi connectivity index (χ0v) is 9.10. The van der Waals surface area contributed by atoms with E-state index in [1.54, 1.807) is 19.2 Å². The van der Waals surface area contributed by atoms with Crippen molar-refractivity contribution < 1.29 is 9.66 Å². The zero-order valence-electron chi connectivity index (χ0n) is 9.10. The second kappa shape index (κ2) is 5.75. The van der Waals surface area contributed by atoms with Crippen molar-refractivity contribution in [2.75, 3.05) is 19.0 Å². The molecule has 0 bridgehead atoms. The van der Waals surface area contributed by atoms with Crippen molar-refractivity contribution in [1.29, 1.82) is 0 Å². The predicted octanol–water partition coefficient (Wildman–Crippen LogP) is 2.59. The minimum Gasteiger partial charge on any atom is -0.493 e. The van der Waals surface area contributed by atoms with Gasteiger partial charge in [-0.3, -0.25) is 10.1 Å². The number of nitrogens with one attached hydrogen (secondary N) is 1. The number of hydrogen-bond donors (Lipinski definition) is 1. The summed E-state index contributed by atoms with van der Waals surface area (Å²) >= 11 is 0. The number of rotatable bonds is 6. The van der Waals surface area contributed by atoms with Gasteiger partial charge < -0.3 is 10.1 Å². The van der Waals surface area contributed by atoms with E-state index in [1.807, 2.05) is 0 Å². The summed E-state index contributed by atoms with van der Waals surface area (Å²) in [5, 5.41) is 13.5. The Morgan fingerprint density at radius 1 is 1.56 bits per heavy atom. The Kier molecular flexibility index (Phi) is 4.32. The van der Waals surface area contributed by atoms with Crippen LogP contribution in [0.4, 0.5) is 11.4 Å². The molecule has 0 radical (unpaired) electrons. The average Bonchev–Trinajstić information content (AvgIpc) is 2.29. The zero-order chi connectivity index (χ0) is 12.0. The van der Waals surface area contributed by atoms with Crippen LogP contribution in [-0.2, 0) is 0 Å². The Hall–Kier alpha value is -2.04. The van der Waals surface area contributed by atoms with Crippen LogP contribution in [-0.4, -0.2) is 18.6 Å². The van der Waals surface area contributed by atoms with Crippen molar-refractivity contribution in [3.63, 3.8) is 0 Å². The summed E-state index contributed by atoms with van der Waals surface area (Å²) in [5.74, 6) is 0.486. The van der Waals surface area contributed by atoms with E-state index in [2.05, 4.69) is 11.9 Å². The van der Waals surface area contributed by atoms with Gasteiger partial charge >= 0.3 is 0 Å². The summed E-state index contributed by atoms with van der Waals surface area (Å²) in [5.41, 5.74) is 0.670. The molecule has 1 N–H and O–H groups in total. The minimum atomic E-state index is -0.443. The first kappa shape index (κ1) is 12.0. The van der Waals surface area contributed by atoms with Gasteiger partial charge in [0.15, 0.2) is 0 Å². The maximum atomic E-state index is 10.7. The molecule has 0 atom stereocenters. The van der Waals surface area contributed by atoms with E-state index in [9.17, 15) is 10.1 Å². The molecule has 5 nitrogen and oxygen atoms in total. The highest BCUT2D eigenvalue weighted by Gasteiger charge is 2.09. The highest BCUT2D eigenvalue weighted by Crippen LogP contribution is 2.25. The van der Waals surface area contributed by atoms with Crippen molar-refractivity contribution in [2.45, 2.75) is 6.42 Å². The summed E-state index contributed by atoms with van der Waals surface area (Å²) < 4.78 is 5.36. The molecule has 0 aliphatic carbocycles. The molecule has 0 heterocycles. The lowest BCUT2D eigenvalue weighted by atomic mass is 10.2. The molecule has 5 heteroatoms. The van der Waals surface area contributed by atoms with Gasteiger partial charge in [0.1, 0.15) is 5.75 Å². The van der Waals surface area contributed by atoms with E-state index < -0.39 is 4.92 Å². The number of benzene rings is 1. The third kappa shape index (κ3) is 3.27. The lowest BCUT2D eigenvalue weighted by molar-refractivity contribution is -0.384. The molecule has 0 fully saturated rings. The molecule has 0 aromatic heterocycles. The molecule has 86 valence electrons. The molecule has 0 aliphatic heterocycles. The first-order valence-electron chi connectivity index (χ1n) is 4.88. The number of non-ortho nitro benzene ring substituents is 1. The molecular weight excluding hydrogens is 208 g/mol. The van der Waals surface area contributed by atoms with Gasteiger partial charge in [0.25, 0.3) is 5.69 Å². The molecule has 0 saturated heterocycles. The van der Waals surface area contributed by atoms with Crippen LogP contribution < -0.4 is 10.1 Å². The lowest BCUT2D eigenvalue weighted by Gasteiger charge is -2.07. The van der Waals surface area contributed by atoms with Crippen molar-refractivity contribution in [2.24, 2.45) is 0 Å². The number of hydrogen-bond acceptors (Lipinski definition) is 4. The second-order valence-corrected chi connectivity index (χ2v) is 3.15. The molecule has 0 unspecified atom stereocenters. The average molecular weight is 222 g/mol. The Morgan fingerprint density at radius 3 is 2.88 bits per heavy atom. The Morgan fingerprint density at radius 2 is 2.31 bits per heavy atom. The molecule has 0 aliphatic rings. The predicted molar refractivity (Wildman–Crippen MR) is 63.0 cm³/mol. The number of ether oxygens (including phenoxy) is 1. The standard InChI is InChI=1S/C11H14N2O3/c1-3-4-5-16-11-7-9(12-2)6-10(8-11)13(14)15/h3,6-8,12H,1,4-5H2,2H3. The van der Waals surface area contributed by atoms with Crippen LogP contribution in [0.25, 0.3) is 0 Å². The molecular formula is C11H14N2O3. The molecule has 1 aromatic carbocycles. The van der Waals surface area contributed by atoms with Gasteiger partial charge in [-0.1, -0.05) is 6.08 Å². The van der Waals surface area contributed by atoms with E-state index in [0.717, 1.165) is 0 Å². The molecule has 1 aromatic rings. The molecule has 0 amide bonds. The van der Waals surface area contributed by atoms with Gasteiger partial charge in [-0.25, -0.2) is 0 Å². The normalized spacial score (nSPS) is 9.56. The maximum Gasteiger partial charge on any atom is 0.275 e. The highest BCUT2D eigenvalue weighted by atomic mass is 16.6. The van der Waals surface area contributed by atoms with E-state index in [4.69, 9.17) is 4.74 Å². The first-order chi connectivity index (χ1) is 7.67. The molecule has 0 spiro atoms. The summed E-state index contributed by atoms with van der Waals surface area (Å²) in [6, 6.07) is 4.58. The van der Waals surface area contributed by atoms with Crippen molar-refractivity contribution in [3.05, 3.63) is 41.0 Å². The van der Waals surface area contributed by atoms with E-state index in [1.165, 1.54) is 12.1 Å². The van der Waals surface area contributed by atoms with Gasteiger partial charge in [0.2, 0.25) is 0 Å². The van der Waals surface area contributed by atoms with Crippen molar-refractivity contribution in [3.8, 4) is 5.75 Å². The van der Waals surface area contributed by atoms with Crippen molar-refractivity contribution in [1.82, 2.24) is 0 Å². The van der Waals surface area contributed by atoms with Crippen LogP contribution >= 0.6 is 0 Å². The third-order valence-electron chi connectivity index (χ3n) is 1.98. The second-order valence-electron chi connectivity index (χ2n) is 3.15. The number of nitrogens with zero attached hydrogens (tertiary/aromatic N) is 1. The van der Waals surface area contributed by atoms with Crippen LogP contribution in [0, 0.1) is 10.1 Å². The van der Waals surface area contributed by atoms with Gasteiger partial charge in [0.05, 0.1) is 17.6 Å². The van der Waals surface area contributed by atoms with Gasteiger partial charge in [0, 0.05) is 24.9 Å². The fourth-order valence-corrected chi connectivity index (χ4v) is 1.18. The first-order valence-corrected chi connectivity index (χ1v) is 4.88. The van der Waals surface area contributed by atoms with E-state index in [0.29, 0.717) is 24.5 Å². The van der Waals surface area contributed by atoms with Crippen molar-refractivity contribution >= 4 is 11.4 Å². The Bertz CT molecular complexity index is 391. The van der Waals surface area contributed by atoms with Gasteiger partial charge in [-0.2, -0.15) is 0 Å². The minimum absolute atomic E-state index is 0.0143. The summed E-state index contributed by atoms with van der Waals surface area (Å²) in [4.78, 5) is 10.2. The number of nitro benzene ring substituents is 1. The fourth-order valence-electron chi connectivity index (χ4n) is 1.18. The Labute approximate surface area is 93.9 Å². The largest absolute Gasteiger partial charge is 0.493 e. The molecule has 0 saturated carbocycles. The fraction of sp³-hybridized carbons (Fsp3) is 0.273. The number of nitro groups is 1. The van der Waals surface area contributed by atoms with Crippen LogP contribution in [0.15, 0.2) is 30.9 Å². The van der Waals surface area contributed by atoms with Crippen LogP contribution in [0.2, 0.25) is 0 Å². The lowest BCUT2D eigenvalue weighted by Crippen LogP contribution is -1.98. The molecule has 16 heavy (non-hydrogen) atoms. The molecule has 1 rings (SSSR count). The highest BCUT2D eigenvalue weighted by molar-refractivity contribution is 5.55. The summed E-state index contributed by atoms with van der Waals surface area (Å²) in [6.45, 7) is 4.04. The third-order valence-corrected chi connectivity index (χ3v) is 1.98.